The van der Waals surface area contributed by atoms with Gasteiger partial charge >= 0.3 is 6.18 Å². The maximum Gasteiger partial charge on any atom is 0.433 e. The maximum absolute atomic E-state index is 13.9. The standard InChI is InChI=1S/C22H21F3N2O2S.C4H7F.C2H2/c1-3-7-19-20(17-10-12-18(13-11-17)30(2,28)29)26-27(21(19)22(23,24)25)15-14-16-8-5-4-6-9-16;1-2-3-4-5;1-2/h3-13H,14-15H2,1-2H3;2-3H,4H2,1H3;1-2H/b7-3+;3-2-;. The highest BCUT2D eigenvalue weighted by atomic mass is 32.2. The van der Waals surface area contributed by atoms with Crippen molar-refractivity contribution in [2.45, 2.75) is 37.9 Å². The van der Waals surface area contributed by atoms with Gasteiger partial charge in [-0.25, -0.2) is 12.8 Å². The Hall–Kier alpha value is -3.64. The summed E-state index contributed by atoms with van der Waals surface area (Å²) in [7, 11) is -3.41. The summed E-state index contributed by atoms with van der Waals surface area (Å²) in [5, 5.41) is 4.27. The van der Waals surface area contributed by atoms with Gasteiger partial charge in [-0.3, -0.25) is 4.68 Å². The van der Waals surface area contributed by atoms with Crippen molar-refractivity contribution < 1.29 is 26.0 Å². The number of benzene rings is 2. The van der Waals surface area contributed by atoms with Crippen LogP contribution in [-0.2, 0) is 29.0 Å². The van der Waals surface area contributed by atoms with Crippen molar-refractivity contribution in [1.82, 2.24) is 9.78 Å². The highest BCUT2D eigenvalue weighted by molar-refractivity contribution is 7.90. The number of halogens is 4. The van der Waals surface area contributed by atoms with E-state index in [9.17, 15) is 26.0 Å². The molecule has 0 atom stereocenters. The Morgan fingerprint density at radius 1 is 0.973 bits per heavy atom. The summed E-state index contributed by atoms with van der Waals surface area (Å²) < 4.78 is 77.1. The molecule has 0 aliphatic rings. The fourth-order valence-electron chi connectivity index (χ4n) is 3.30. The van der Waals surface area contributed by atoms with Gasteiger partial charge in [-0.2, -0.15) is 18.3 Å². The van der Waals surface area contributed by atoms with E-state index in [1.54, 1.807) is 19.9 Å². The smallest absolute Gasteiger partial charge is 0.259 e. The Morgan fingerprint density at radius 3 is 2.00 bits per heavy atom. The monoisotopic (exact) mass is 534 g/mol. The van der Waals surface area contributed by atoms with Crippen LogP contribution in [0.3, 0.4) is 0 Å². The van der Waals surface area contributed by atoms with Crippen molar-refractivity contribution in [3.05, 3.63) is 89.6 Å². The van der Waals surface area contributed by atoms with Crippen LogP contribution in [0.5, 0.6) is 0 Å². The zero-order valence-electron chi connectivity index (χ0n) is 20.9. The van der Waals surface area contributed by atoms with Crippen molar-refractivity contribution in [3.8, 4) is 24.1 Å². The predicted octanol–water partition coefficient (Wildman–Crippen LogP) is 7.03. The summed E-state index contributed by atoms with van der Waals surface area (Å²) in [6, 6.07) is 14.9. The van der Waals surface area contributed by atoms with Gasteiger partial charge < -0.3 is 0 Å². The molecule has 0 radical (unpaired) electrons. The topological polar surface area (TPSA) is 52.0 Å². The number of hydrogen-bond donors (Lipinski definition) is 0. The van der Waals surface area contributed by atoms with E-state index >= 15 is 0 Å². The third-order valence-electron chi connectivity index (χ3n) is 4.93. The SMILES string of the molecule is C#C.C/C=C/c1c(-c2ccc(S(C)(=O)=O)cc2)nn(CCc2ccccc2)c1C(F)(F)F.C/C=C\CF. The van der Waals surface area contributed by atoms with Crippen LogP contribution in [0.2, 0.25) is 0 Å². The van der Waals surface area contributed by atoms with Crippen molar-refractivity contribution in [2.24, 2.45) is 0 Å². The van der Waals surface area contributed by atoms with Gasteiger partial charge in [0.15, 0.2) is 9.84 Å². The maximum atomic E-state index is 13.9. The first kappa shape index (κ1) is 31.4. The molecular formula is C28H30F4N2O2S. The molecule has 198 valence electrons. The first-order valence-corrected chi connectivity index (χ1v) is 13.1. The second-order valence-corrected chi connectivity index (χ2v) is 9.60. The number of alkyl halides is 4. The Bertz CT molecular complexity index is 1290. The second kappa shape index (κ2) is 14.8. The number of aromatic nitrogens is 2. The lowest BCUT2D eigenvalue weighted by Gasteiger charge is -2.11. The van der Waals surface area contributed by atoms with Crippen LogP contribution >= 0.6 is 0 Å². The van der Waals surface area contributed by atoms with Crippen LogP contribution in [0.4, 0.5) is 17.6 Å². The quantitative estimate of drug-likeness (QED) is 0.186. The molecule has 0 unspecified atom stereocenters. The van der Waals surface area contributed by atoms with E-state index in [-0.39, 0.29) is 29.4 Å². The molecule has 0 N–H and O–H groups in total. The lowest BCUT2D eigenvalue weighted by atomic mass is 10.0. The number of rotatable bonds is 7. The highest BCUT2D eigenvalue weighted by Crippen LogP contribution is 2.38. The molecule has 0 spiro atoms. The molecule has 4 nitrogen and oxygen atoms in total. The van der Waals surface area contributed by atoms with Gasteiger partial charge in [0.25, 0.3) is 0 Å². The molecule has 0 saturated carbocycles. The van der Waals surface area contributed by atoms with Crippen molar-refractivity contribution in [3.63, 3.8) is 0 Å². The largest absolute Gasteiger partial charge is 0.433 e. The third-order valence-corrected chi connectivity index (χ3v) is 6.06. The van der Waals surface area contributed by atoms with Crippen LogP contribution in [0.15, 0.2) is 77.7 Å². The molecule has 3 rings (SSSR count). The van der Waals surface area contributed by atoms with Gasteiger partial charge in [-0.15, -0.1) is 12.8 Å². The predicted molar refractivity (Wildman–Crippen MR) is 141 cm³/mol. The van der Waals surface area contributed by atoms with Crippen LogP contribution in [0.25, 0.3) is 17.3 Å². The second-order valence-electron chi connectivity index (χ2n) is 7.59. The van der Waals surface area contributed by atoms with Gasteiger partial charge in [-0.1, -0.05) is 66.8 Å². The molecular weight excluding hydrogens is 504 g/mol. The average Bonchev–Trinajstić information content (AvgIpc) is 3.24. The number of hydrogen-bond acceptors (Lipinski definition) is 3. The molecule has 0 fully saturated rings. The van der Waals surface area contributed by atoms with Crippen molar-refractivity contribution in [2.75, 3.05) is 12.9 Å². The van der Waals surface area contributed by atoms with Crippen molar-refractivity contribution >= 4 is 15.9 Å². The fraction of sp³-hybridized carbons (Fsp3) is 0.250. The summed E-state index contributed by atoms with van der Waals surface area (Å²) in [5.41, 5.74) is 0.629. The van der Waals surface area contributed by atoms with Gasteiger partial charge in [0.05, 0.1) is 4.90 Å². The van der Waals surface area contributed by atoms with E-state index in [0.717, 1.165) is 16.5 Å². The lowest BCUT2D eigenvalue weighted by Crippen LogP contribution is -2.17. The summed E-state index contributed by atoms with van der Waals surface area (Å²) in [4.78, 5) is 0.0957. The Labute approximate surface area is 216 Å². The van der Waals surface area contributed by atoms with Crippen LogP contribution < -0.4 is 0 Å². The van der Waals surface area contributed by atoms with E-state index in [1.165, 1.54) is 42.5 Å². The molecule has 1 heterocycles. The zero-order chi connectivity index (χ0) is 28.1. The summed E-state index contributed by atoms with van der Waals surface area (Å²) >= 11 is 0. The zero-order valence-corrected chi connectivity index (χ0v) is 21.7. The summed E-state index contributed by atoms with van der Waals surface area (Å²) in [6.45, 7) is 3.15. The number of aryl methyl sites for hydroxylation is 2. The minimum Gasteiger partial charge on any atom is -0.259 e. The molecule has 3 aromatic rings. The number of sulfone groups is 1. The molecule has 0 bridgehead atoms. The Morgan fingerprint density at radius 2 is 1.57 bits per heavy atom. The highest BCUT2D eigenvalue weighted by Gasteiger charge is 2.39. The Balaban J connectivity index is 0.000000874. The molecule has 0 aliphatic heterocycles. The molecule has 1 aromatic heterocycles. The van der Waals surface area contributed by atoms with E-state index < -0.39 is 21.7 Å². The van der Waals surface area contributed by atoms with E-state index in [0.29, 0.717) is 12.0 Å². The lowest BCUT2D eigenvalue weighted by molar-refractivity contribution is -0.144. The van der Waals surface area contributed by atoms with Gasteiger partial charge in [0.2, 0.25) is 0 Å². The number of nitrogens with zero attached hydrogens (tertiary/aromatic N) is 2. The van der Waals surface area contributed by atoms with Gasteiger partial charge in [0.1, 0.15) is 18.1 Å². The third kappa shape index (κ3) is 9.39. The molecule has 0 saturated heterocycles. The first-order chi connectivity index (χ1) is 17.5. The molecule has 9 heteroatoms. The van der Waals surface area contributed by atoms with Crippen LogP contribution in [0, 0.1) is 12.8 Å². The summed E-state index contributed by atoms with van der Waals surface area (Å²) in [5.74, 6) is 0. The average molecular weight is 535 g/mol. The first-order valence-electron chi connectivity index (χ1n) is 11.2. The minimum atomic E-state index is -4.59. The minimum absolute atomic E-state index is 0.0369. The van der Waals surface area contributed by atoms with Crippen LogP contribution in [-0.4, -0.2) is 31.1 Å². The molecule has 2 aromatic carbocycles. The molecule has 0 aliphatic carbocycles. The summed E-state index contributed by atoms with van der Waals surface area (Å²) in [6.07, 6.45) is 10.9. The number of terminal acetylenes is 1. The van der Waals surface area contributed by atoms with Gasteiger partial charge in [-0.05, 0) is 38.0 Å². The van der Waals surface area contributed by atoms with E-state index in [2.05, 4.69) is 17.9 Å². The molecule has 0 amide bonds. The van der Waals surface area contributed by atoms with E-state index in [1.807, 2.05) is 30.3 Å². The number of allylic oxidation sites excluding steroid dienone is 3. The van der Waals surface area contributed by atoms with E-state index in [4.69, 9.17) is 0 Å². The molecule has 37 heavy (non-hydrogen) atoms. The Kier molecular flexibility index (Phi) is 12.6. The van der Waals surface area contributed by atoms with Crippen molar-refractivity contribution in [1.29, 1.82) is 0 Å². The normalized spacial score (nSPS) is 11.6. The fourth-order valence-corrected chi connectivity index (χ4v) is 3.93. The van der Waals surface area contributed by atoms with Gasteiger partial charge in [0, 0.05) is 23.9 Å². The van der Waals surface area contributed by atoms with Crippen LogP contribution in [0.1, 0.15) is 30.7 Å².